The van der Waals surface area contributed by atoms with Gasteiger partial charge in [-0.1, -0.05) is 18.2 Å². The lowest BCUT2D eigenvalue weighted by atomic mass is 10.1. The Labute approximate surface area is 100 Å². The molecule has 0 unspecified atom stereocenters. The second-order valence-corrected chi connectivity index (χ2v) is 4.00. The smallest absolute Gasteiger partial charge is 0.253 e. The van der Waals surface area contributed by atoms with Gasteiger partial charge in [-0.05, 0) is 24.4 Å². The molecular weight excluding hydrogens is 210 g/mol. The molecule has 0 amide bonds. The van der Waals surface area contributed by atoms with Crippen LogP contribution in [0, 0.1) is 0 Å². The number of benzene rings is 1. The van der Waals surface area contributed by atoms with Gasteiger partial charge >= 0.3 is 0 Å². The van der Waals surface area contributed by atoms with E-state index in [4.69, 9.17) is 4.74 Å². The molecule has 2 heterocycles. The summed E-state index contributed by atoms with van der Waals surface area (Å²) in [6, 6.07) is 14.5. The van der Waals surface area contributed by atoms with Crippen LogP contribution in [0.3, 0.4) is 0 Å². The van der Waals surface area contributed by atoms with Crippen molar-refractivity contribution in [2.24, 2.45) is 0 Å². The molecule has 0 aliphatic heterocycles. The standard InChI is InChI=1S/C15H14NO/c1-2-17-15-8-5-9-16-11-13-7-4-3-6-12(13)10-14(15)16/h3-11H,2H2,1H3/q+1. The molecule has 0 spiro atoms. The predicted octanol–water partition coefficient (Wildman–Crippen LogP) is 2.98. The van der Waals surface area contributed by atoms with Crippen molar-refractivity contribution in [2.75, 3.05) is 6.61 Å². The van der Waals surface area contributed by atoms with Crippen LogP contribution >= 0.6 is 0 Å². The molecule has 2 nitrogen and oxygen atoms in total. The van der Waals surface area contributed by atoms with Crippen LogP contribution in [-0.4, -0.2) is 6.61 Å². The summed E-state index contributed by atoms with van der Waals surface area (Å²) in [5.74, 6) is 0.931. The lowest BCUT2D eigenvalue weighted by molar-refractivity contribution is -0.510. The van der Waals surface area contributed by atoms with E-state index in [1.807, 2.05) is 25.3 Å². The largest absolute Gasteiger partial charge is 0.487 e. The third kappa shape index (κ3) is 1.72. The molecule has 2 aromatic heterocycles. The molecule has 0 aliphatic carbocycles. The average molecular weight is 224 g/mol. The molecule has 0 radical (unpaired) electrons. The molecule has 1 aromatic carbocycles. The van der Waals surface area contributed by atoms with Crippen LogP contribution in [0.2, 0.25) is 0 Å². The topological polar surface area (TPSA) is 13.3 Å². The number of ether oxygens (including phenoxy) is 1. The van der Waals surface area contributed by atoms with Crippen molar-refractivity contribution in [1.82, 2.24) is 0 Å². The van der Waals surface area contributed by atoms with E-state index in [9.17, 15) is 0 Å². The molecule has 0 saturated carbocycles. The van der Waals surface area contributed by atoms with E-state index >= 15 is 0 Å². The zero-order chi connectivity index (χ0) is 11.7. The normalized spacial score (nSPS) is 10.9. The van der Waals surface area contributed by atoms with Crippen molar-refractivity contribution >= 4 is 16.3 Å². The molecule has 17 heavy (non-hydrogen) atoms. The molecule has 0 saturated heterocycles. The highest BCUT2D eigenvalue weighted by Crippen LogP contribution is 2.20. The molecule has 0 aliphatic rings. The Morgan fingerprint density at radius 3 is 2.71 bits per heavy atom. The Balaban J connectivity index is 2.35. The zero-order valence-electron chi connectivity index (χ0n) is 9.76. The van der Waals surface area contributed by atoms with Gasteiger partial charge in [0, 0.05) is 17.5 Å². The third-order valence-electron chi connectivity index (χ3n) is 2.89. The zero-order valence-corrected chi connectivity index (χ0v) is 9.76. The number of hydrogen-bond acceptors (Lipinski definition) is 1. The summed E-state index contributed by atoms with van der Waals surface area (Å²) >= 11 is 0. The first-order valence-corrected chi connectivity index (χ1v) is 5.84. The Morgan fingerprint density at radius 1 is 1.06 bits per heavy atom. The van der Waals surface area contributed by atoms with Gasteiger partial charge in [0.05, 0.1) is 6.61 Å². The van der Waals surface area contributed by atoms with Crippen molar-refractivity contribution in [3.05, 3.63) is 54.9 Å². The summed E-state index contributed by atoms with van der Waals surface area (Å²) in [6.45, 7) is 2.69. The lowest BCUT2D eigenvalue weighted by Gasteiger charge is -2.03. The van der Waals surface area contributed by atoms with Crippen molar-refractivity contribution < 1.29 is 9.14 Å². The van der Waals surface area contributed by atoms with Crippen molar-refractivity contribution in [1.29, 1.82) is 0 Å². The maximum Gasteiger partial charge on any atom is 0.253 e. The monoisotopic (exact) mass is 224 g/mol. The Bertz CT molecular complexity index is 676. The van der Waals surface area contributed by atoms with Crippen LogP contribution in [0.1, 0.15) is 6.92 Å². The highest BCUT2D eigenvalue weighted by Gasteiger charge is 2.10. The molecule has 0 fully saturated rings. The summed E-state index contributed by atoms with van der Waals surface area (Å²) in [5, 5.41) is 2.47. The molecule has 84 valence electrons. The predicted molar refractivity (Wildman–Crippen MR) is 68.3 cm³/mol. The summed E-state index contributed by atoms with van der Waals surface area (Å²) in [7, 11) is 0. The van der Waals surface area contributed by atoms with Crippen LogP contribution in [0.4, 0.5) is 0 Å². The summed E-state index contributed by atoms with van der Waals surface area (Å²) in [5.41, 5.74) is 1.10. The molecule has 0 N–H and O–H groups in total. The van der Waals surface area contributed by atoms with Gasteiger partial charge in [0.1, 0.15) is 0 Å². The Morgan fingerprint density at radius 2 is 1.88 bits per heavy atom. The molecule has 2 heteroatoms. The van der Waals surface area contributed by atoms with Crippen LogP contribution in [0.15, 0.2) is 54.9 Å². The van der Waals surface area contributed by atoms with E-state index in [0.29, 0.717) is 6.61 Å². The van der Waals surface area contributed by atoms with Gasteiger partial charge in [0.15, 0.2) is 18.1 Å². The number of aromatic nitrogens is 1. The fourth-order valence-corrected chi connectivity index (χ4v) is 2.11. The summed E-state index contributed by atoms with van der Waals surface area (Å²) in [4.78, 5) is 0. The summed E-state index contributed by atoms with van der Waals surface area (Å²) in [6.07, 6.45) is 4.18. The molecule has 0 atom stereocenters. The van der Waals surface area contributed by atoms with Gasteiger partial charge in [-0.25, -0.2) is 0 Å². The number of hydrogen-bond donors (Lipinski definition) is 0. The number of fused-ring (bicyclic) bond motifs is 2. The number of rotatable bonds is 2. The van der Waals surface area contributed by atoms with E-state index in [-0.39, 0.29) is 0 Å². The molecule has 3 aromatic rings. The maximum atomic E-state index is 5.65. The fraction of sp³-hybridized carbons (Fsp3) is 0.133. The molecular formula is C15H14NO+. The van der Waals surface area contributed by atoms with Crippen LogP contribution in [0.5, 0.6) is 5.75 Å². The van der Waals surface area contributed by atoms with Crippen molar-refractivity contribution in [3.8, 4) is 5.75 Å². The van der Waals surface area contributed by atoms with Gasteiger partial charge in [0.2, 0.25) is 0 Å². The van der Waals surface area contributed by atoms with Gasteiger partial charge in [-0.2, -0.15) is 4.40 Å². The number of pyridine rings is 2. The van der Waals surface area contributed by atoms with Crippen molar-refractivity contribution in [2.45, 2.75) is 6.92 Å². The van der Waals surface area contributed by atoms with Gasteiger partial charge in [-0.15, -0.1) is 0 Å². The van der Waals surface area contributed by atoms with E-state index < -0.39 is 0 Å². The first-order valence-electron chi connectivity index (χ1n) is 5.84. The van der Waals surface area contributed by atoms with Crippen LogP contribution < -0.4 is 9.14 Å². The average Bonchev–Trinajstić information content (AvgIpc) is 2.37. The lowest BCUT2D eigenvalue weighted by Crippen LogP contribution is -2.21. The van der Waals surface area contributed by atoms with Crippen LogP contribution in [0.25, 0.3) is 16.3 Å². The second-order valence-electron chi connectivity index (χ2n) is 4.00. The quantitative estimate of drug-likeness (QED) is 0.482. The van der Waals surface area contributed by atoms with E-state index in [1.165, 1.54) is 10.8 Å². The van der Waals surface area contributed by atoms with Crippen molar-refractivity contribution in [3.63, 3.8) is 0 Å². The van der Waals surface area contributed by atoms with E-state index in [0.717, 1.165) is 11.3 Å². The van der Waals surface area contributed by atoms with Gasteiger partial charge in [0.25, 0.3) is 5.52 Å². The first-order chi connectivity index (χ1) is 8.38. The minimum absolute atomic E-state index is 0.687. The first kappa shape index (κ1) is 10.1. The number of nitrogens with zero attached hydrogens (tertiary/aromatic N) is 1. The minimum Gasteiger partial charge on any atom is -0.487 e. The van der Waals surface area contributed by atoms with E-state index in [1.54, 1.807) is 0 Å². The van der Waals surface area contributed by atoms with Gasteiger partial charge in [-0.3, -0.25) is 0 Å². The highest BCUT2D eigenvalue weighted by molar-refractivity contribution is 5.84. The Hall–Kier alpha value is -2.09. The minimum atomic E-state index is 0.687. The molecule has 0 bridgehead atoms. The Kier molecular flexibility index (Phi) is 2.41. The summed E-state index contributed by atoms with van der Waals surface area (Å²) < 4.78 is 7.75. The highest BCUT2D eigenvalue weighted by atomic mass is 16.5. The third-order valence-corrected chi connectivity index (χ3v) is 2.89. The van der Waals surface area contributed by atoms with Gasteiger partial charge < -0.3 is 4.74 Å². The molecule has 3 rings (SSSR count). The fourth-order valence-electron chi connectivity index (χ4n) is 2.11. The van der Waals surface area contributed by atoms with Crippen LogP contribution in [-0.2, 0) is 0 Å². The second kappa shape index (κ2) is 4.06. The van der Waals surface area contributed by atoms with E-state index in [2.05, 4.69) is 40.9 Å². The SMILES string of the molecule is CCOc1ccc[n+]2cc3ccccc3cc12. The maximum absolute atomic E-state index is 5.65.